The van der Waals surface area contributed by atoms with E-state index in [1.54, 1.807) is 0 Å². The molecule has 0 aliphatic heterocycles. The Labute approximate surface area is 259 Å². The van der Waals surface area contributed by atoms with Crippen LogP contribution in [-0.2, 0) is 5.41 Å². The molecular weight excluding hydrogens is 530 g/mol. The third kappa shape index (κ3) is 4.32. The minimum absolute atomic E-state index is 0.00811. The van der Waals surface area contributed by atoms with Gasteiger partial charge in [-0.1, -0.05) is 141 Å². The van der Waals surface area contributed by atoms with E-state index in [1.807, 2.05) is 0 Å². The van der Waals surface area contributed by atoms with Gasteiger partial charge in [-0.3, -0.25) is 0 Å². The largest absolute Gasteiger partial charge is 0.310 e. The van der Waals surface area contributed by atoms with Gasteiger partial charge in [0.1, 0.15) is 0 Å². The Morgan fingerprint density at radius 3 is 1.50 bits per heavy atom. The van der Waals surface area contributed by atoms with Crippen molar-refractivity contribution in [2.75, 3.05) is 4.90 Å². The Morgan fingerprint density at radius 1 is 0.409 bits per heavy atom. The Kier molecular flexibility index (Phi) is 6.20. The molecule has 0 unspecified atom stereocenters. The third-order valence-electron chi connectivity index (χ3n) is 9.27. The molecule has 0 saturated heterocycles. The number of benzene rings is 7. The first-order valence-electron chi connectivity index (χ1n) is 15.4. The maximum atomic E-state index is 2.37. The first-order chi connectivity index (χ1) is 21.6. The second kappa shape index (κ2) is 10.4. The summed E-state index contributed by atoms with van der Waals surface area (Å²) in [5, 5.41) is 2.56. The van der Waals surface area contributed by atoms with Gasteiger partial charge in [-0.2, -0.15) is 0 Å². The first-order valence-corrected chi connectivity index (χ1v) is 15.4. The van der Waals surface area contributed by atoms with E-state index in [9.17, 15) is 0 Å². The number of rotatable bonds is 5. The van der Waals surface area contributed by atoms with Gasteiger partial charge in [0.15, 0.2) is 0 Å². The van der Waals surface area contributed by atoms with E-state index in [2.05, 4.69) is 183 Å². The number of anilines is 3. The van der Waals surface area contributed by atoms with Gasteiger partial charge >= 0.3 is 0 Å². The summed E-state index contributed by atoms with van der Waals surface area (Å²) in [5.41, 5.74) is 13.8. The summed E-state index contributed by atoms with van der Waals surface area (Å²) in [6, 6.07) is 59.5. The molecule has 0 heterocycles. The van der Waals surface area contributed by atoms with E-state index in [0.717, 1.165) is 17.1 Å². The van der Waals surface area contributed by atoms with Gasteiger partial charge in [-0.15, -0.1) is 0 Å². The van der Waals surface area contributed by atoms with Crippen molar-refractivity contribution in [2.24, 2.45) is 0 Å². The van der Waals surface area contributed by atoms with Crippen LogP contribution in [0.1, 0.15) is 25.0 Å². The van der Waals surface area contributed by atoms with Crippen molar-refractivity contribution in [1.29, 1.82) is 0 Å². The van der Waals surface area contributed by atoms with E-state index in [-0.39, 0.29) is 5.41 Å². The monoisotopic (exact) mass is 563 g/mol. The third-order valence-corrected chi connectivity index (χ3v) is 9.27. The maximum absolute atomic E-state index is 2.37. The molecule has 7 aromatic carbocycles. The van der Waals surface area contributed by atoms with Crippen molar-refractivity contribution in [2.45, 2.75) is 19.3 Å². The molecule has 44 heavy (non-hydrogen) atoms. The zero-order valence-electron chi connectivity index (χ0n) is 25.0. The van der Waals surface area contributed by atoms with Crippen LogP contribution in [0.3, 0.4) is 0 Å². The van der Waals surface area contributed by atoms with E-state index in [1.165, 1.54) is 55.3 Å². The average molecular weight is 564 g/mol. The molecule has 0 bridgehead atoms. The summed E-state index contributed by atoms with van der Waals surface area (Å²) < 4.78 is 0. The summed E-state index contributed by atoms with van der Waals surface area (Å²) >= 11 is 0. The zero-order chi connectivity index (χ0) is 29.7. The van der Waals surface area contributed by atoms with Crippen molar-refractivity contribution in [3.05, 3.63) is 175 Å². The summed E-state index contributed by atoms with van der Waals surface area (Å²) in [4.78, 5) is 2.37. The SMILES string of the molecule is CC1(C)c2ccccc2-c2c1ccc1cc(N(c3ccc(-c4ccccc4)cc3)c3ccc(-c4ccccc4)cc3)ccc21. The molecular formula is C43H33N. The smallest absolute Gasteiger partial charge is 0.0468 e. The molecule has 1 aliphatic rings. The van der Waals surface area contributed by atoms with Crippen LogP contribution >= 0.6 is 0 Å². The van der Waals surface area contributed by atoms with E-state index in [0.29, 0.717) is 0 Å². The fourth-order valence-electron chi connectivity index (χ4n) is 6.97. The van der Waals surface area contributed by atoms with Crippen molar-refractivity contribution in [1.82, 2.24) is 0 Å². The van der Waals surface area contributed by atoms with Crippen LogP contribution in [-0.4, -0.2) is 0 Å². The van der Waals surface area contributed by atoms with Crippen molar-refractivity contribution in [3.63, 3.8) is 0 Å². The standard InChI is InChI=1S/C43H33N/c1-43(2)40-16-10-9-15-39(40)42-38-27-26-37(29-34(38)21-28-41(42)43)44(35-22-17-32(18-23-35)30-11-5-3-6-12-30)36-24-19-33(20-25-36)31-13-7-4-8-14-31/h3-29H,1-2H3. The van der Waals surface area contributed by atoms with Crippen LogP contribution in [0.25, 0.3) is 44.2 Å². The molecule has 1 nitrogen and oxygen atoms in total. The Bertz CT molecular complexity index is 2020. The first kappa shape index (κ1) is 26.2. The lowest BCUT2D eigenvalue weighted by Crippen LogP contribution is -2.14. The lowest BCUT2D eigenvalue weighted by molar-refractivity contribution is 0.661. The predicted molar refractivity (Wildman–Crippen MR) is 187 cm³/mol. The van der Waals surface area contributed by atoms with Crippen LogP contribution in [0.5, 0.6) is 0 Å². The highest BCUT2D eigenvalue weighted by atomic mass is 15.1. The van der Waals surface area contributed by atoms with Gasteiger partial charge in [0, 0.05) is 22.5 Å². The van der Waals surface area contributed by atoms with Crippen LogP contribution in [0.4, 0.5) is 17.1 Å². The molecule has 0 spiro atoms. The summed E-state index contributed by atoms with van der Waals surface area (Å²) in [5.74, 6) is 0. The molecule has 7 aromatic rings. The molecule has 0 atom stereocenters. The highest BCUT2D eigenvalue weighted by molar-refractivity contribution is 6.04. The van der Waals surface area contributed by atoms with Crippen LogP contribution in [0.15, 0.2) is 164 Å². The topological polar surface area (TPSA) is 3.24 Å². The number of fused-ring (bicyclic) bond motifs is 5. The molecule has 0 N–H and O–H groups in total. The second-order valence-electron chi connectivity index (χ2n) is 12.2. The summed E-state index contributed by atoms with van der Waals surface area (Å²) in [7, 11) is 0. The van der Waals surface area contributed by atoms with Crippen molar-refractivity contribution >= 4 is 27.8 Å². The Balaban J connectivity index is 1.26. The lowest BCUT2D eigenvalue weighted by Gasteiger charge is -2.27. The molecule has 0 aromatic heterocycles. The van der Waals surface area contributed by atoms with Crippen molar-refractivity contribution in [3.8, 4) is 33.4 Å². The Hall–Kier alpha value is -5.40. The van der Waals surface area contributed by atoms with E-state index in [4.69, 9.17) is 0 Å². The van der Waals surface area contributed by atoms with Gasteiger partial charge < -0.3 is 4.90 Å². The van der Waals surface area contributed by atoms with Crippen molar-refractivity contribution < 1.29 is 0 Å². The number of hydrogen-bond donors (Lipinski definition) is 0. The molecule has 8 rings (SSSR count). The normalized spacial score (nSPS) is 13.0. The van der Waals surface area contributed by atoms with Gasteiger partial charge in [0.05, 0.1) is 0 Å². The molecule has 0 radical (unpaired) electrons. The molecule has 1 aliphatic carbocycles. The minimum atomic E-state index is -0.00811. The Morgan fingerprint density at radius 2 is 0.909 bits per heavy atom. The van der Waals surface area contributed by atoms with Gasteiger partial charge in [0.25, 0.3) is 0 Å². The van der Waals surface area contributed by atoms with Crippen LogP contribution in [0, 0.1) is 0 Å². The van der Waals surface area contributed by atoms with E-state index < -0.39 is 0 Å². The molecule has 0 fully saturated rings. The predicted octanol–water partition coefficient (Wildman–Crippen LogP) is 11.9. The minimum Gasteiger partial charge on any atom is -0.310 e. The molecule has 0 amide bonds. The highest BCUT2D eigenvalue weighted by Crippen LogP contribution is 2.51. The van der Waals surface area contributed by atoms with E-state index >= 15 is 0 Å². The average Bonchev–Trinajstić information content (AvgIpc) is 3.32. The molecule has 210 valence electrons. The highest BCUT2D eigenvalue weighted by Gasteiger charge is 2.36. The number of hydrogen-bond acceptors (Lipinski definition) is 1. The van der Waals surface area contributed by atoms with Crippen LogP contribution < -0.4 is 4.90 Å². The fraction of sp³-hybridized carbons (Fsp3) is 0.0698. The van der Waals surface area contributed by atoms with Gasteiger partial charge in [0.2, 0.25) is 0 Å². The van der Waals surface area contributed by atoms with Gasteiger partial charge in [-0.05, 0) is 91.7 Å². The number of nitrogens with zero attached hydrogens (tertiary/aromatic N) is 1. The summed E-state index contributed by atoms with van der Waals surface area (Å²) in [6.07, 6.45) is 0. The quantitative estimate of drug-likeness (QED) is 0.201. The fourth-order valence-corrected chi connectivity index (χ4v) is 6.97. The lowest BCUT2D eigenvalue weighted by atomic mass is 9.82. The molecule has 0 saturated carbocycles. The van der Waals surface area contributed by atoms with Gasteiger partial charge in [-0.25, -0.2) is 0 Å². The summed E-state index contributed by atoms with van der Waals surface area (Å²) in [6.45, 7) is 4.69. The second-order valence-corrected chi connectivity index (χ2v) is 12.2. The van der Waals surface area contributed by atoms with Crippen LogP contribution in [0.2, 0.25) is 0 Å². The molecule has 1 heteroatoms. The zero-order valence-corrected chi connectivity index (χ0v) is 25.0. The maximum Gasteiger partial charge on any atom is 0.0468 e.